The highest BCUT2D eigenvalue weighted by molar-refractivity contribution is 6.01. The maximum absolute atomic E-state index is 12.4. The second-order valence-corrected chi connectivity index (χ2v) is 3.78. The number of aromatic nitrogens is 2. The van der Waals surface area contributed by atoms with Gasteiger partial charge in [-0.3, -0.25) is 14.9 Å². The number of anilines is 1. The van der Waals surface area contributed by atoms with Crippen molar-refractivity contribution in [2.24, 2.45) is 0 Å². The van der Waals surface area contributed by atoms with Crippen LogP contribution >= 0.6 is 0 Å². The van der Waals surface area contributed by atoms with Gasteiger partial charge in [-0.05, 0) is 6.42 Å². The lowest BCUT2D eigenvalue weighted by atomic mass is 10.1. The lowest BCUT2D eigenvalue weighted by molar-refractivity contribution is -0.133. The van der Waals surface area contributed by atoms with Gasteiger partial charge >= 0.3 is 0 Å². The molecule has 1 saturated heterocycles. The fraction of sp³-hybridized carbons (Fsp3) is 0.400. The Bertz CT molecular complexity index is 481. The van der Waals surface area contributed by atoms with Crippen molar-refractivity contribution < 1.29 is 18.4 Å². The van der Waals surface area contributed by atoms with E-state index in [9.17, 15) is 18.4 Å². The summed E-state index contributed by atoms with van der Waals surface area (Å²) >= 11 is 0. The van der Waals surface area contributed by atoms with E-state index in [0.29, 0.717) is 6.42 Å². The quantitative estimate of drug-likeness (QED) is 0.775. The van der Waals surface area contributed by atoms with Gasteiger partial charge in [0.15, 0.2) is 0 Å². The number of amides is 2. The largest absolute Gasteiger partial charge is 0.358 e. The summed E-state index contributed by atoms with van der Waals surface area (Å²) in [6.45, 7) is 0. The van der Waals surface area contributed by atoms with Crippen LogP contribution in [0, 0.1) is 0 Å². The van der Waals surface area contributed by atoms with E-state index in [4.69, 9.17) is 0 Å². The van der Waals surface area contributed by atoms with Crippen LogP contribution in [0.4, 0.5) is 14.6 Å². The van der Waals surface area contributed by atoms with Crippen molar-refractivity contribution in [3.63, 3.8) is 0 Å². The molecular formula is C10H10F2N4O2. The minimum atomic E-state index is -2.70. The molecule has 0 bridgehead atoms. The van der Waals surface area contributed by atoms with Crippen molar-refractivity contribution in [1.29, 1.82) is 0 Å². The molecule has 1 unspecified atom stereocenters. The molecule has 96 valence electrons. The molecule has 8 heteroatoms. The maximum atomic E-state index is 12.4. The number of carbonyl (C=O) groups is 2. The molecule has 1 aliphatic rings. The van der Waals surface area contributed by atoms with Crippen LogP contribution in [0.15, 0.2) is 12.4 Å². The van der Waals surface area contributed by atoms with Crippen LogP contribution in [0.2, 0.25) is 0 Å². The van der Waals surface area contributed by atoms with Gasteiger partial charge in [-0.2, -0.15) is 0 Å². The molecule has 0 saturated carbocycles. The summed E-state index contributed by atoms with van der Waals surface area (Å²) in [6, 6.07) is 0.428. The third-order valence-electron chi connectivity index (χ3n) is 2.47. The second kappa shape index (κ2) is 5.03. The third-order valence-corrected chi connectivity index (χ3v) is 2.47. The van der Waals surface area contributed by atoms with Crippen LogP contribution < -0.4 is 10.6 Å². The summed E-state index contributed by atoms with van der Waals surface area (Å²) in [5.74, 6) is -0.688. The number of nitrogens with one attached hydrogen (secondary N) is 2. The molecule has 1 aromatic rings. The van der Waals surface area contributed by atoms with E-state index in [0.717, 1.165) is 12.4 Å². The fourth-order valence-electron chi connectivity index (χ4n) is 1.58. The van der Waals surface area contributed by atoms with E-state index in [1.165, 1.54) is 0 Å². The van der Waals surface area contributed by atoms with Gasteiger partial charge in [0.1, 0.15) is 23.9 Å². The minimum absolute atomic E-state index is 0.134. The molecule has 0 aliphatic carbocycles. The Balaban J connectivity index is 2.07. The number of rotatable bonds is 3. The van der Waals surface area contributed by atoms with Gasteiger partial charge in [-0.25, -0.2) is 18.7 Å². The Kier molecular flexibility index (Phi) is 3.45. The van der Waals surface area contributed by atoms with Gasteiger partial charge in [0.2, 0.25) is 11.8 Å². The van der Waals surface area contributed by atoms with E-state index in [-0.39, 0.29) is 18.1 Å². The van der Waals surface area contributed by atoms with Crippen molar-refractivity contribution in [3.8, 4) is 0 Å². The van der Waals surface area contributed by atoms with Crippen LogP contribution in [-0.4, -0.2) is 27.8 Å². The minimum Gasteiger partial charge on any atom is -0.358 e. The van der Waals surface area contributed by atoms with Crippen molar-refractivity contribution in [2.45, 2.75) is 25.3 Å². The Morgan fingerprint density at radius 2 is 2.17 bits per heavy atom. The highest BCUT2D eigenvalue weighted by atomic mass is 19.3. The zero-order valence-corrected chi connectivity index (χ0v) is 9.19. The molecular weight excluding hydrogens is 246 g/mol. The van der Waals surface area contributed by atoms with E-state index in [1.54, 1.807) is 0 Å². The summed E-state index contributed by atoms with van der Waals surface area (Å²) in [7, 11) is 0. The average molecular weight is 256 g/mol. The smallest absolute Gasteiger partial charge is 0.280 e. The molecule has 18 heavy (non-hydrogen) atoms. The summed E-state index contributed by atoms with van der Waals surface area (Å²) < 4.78 is 24.8. The van der Waals surface area contributed by atoms with E-state index < -0.39 is 24.1 Å². The predicted octanol–water partition coefficient (Wildman–Crippen LogP) is 0.631. The molecule has 2 N–H and O–H groups in total. The summed E-state index contributed by atoms with van der Waals surface area (Å²) in [5.41, 5.74) is -0.417. The summed E-state index contributed by atoms with van der Waals surface area (Å²) in [4.78, 5) is 29.5. The first kappa shape index (κ1) is 12.3. The van der Waals surface area contributed by atoms with Crippen molar-refractivity contribution in [3.05, 3.63) is 18.1 Å². The monoisotopic (exact) mass is 256 g/mol. The van der Waals surface area contributed by atoms with E-state index in [2.05, 4.69) is 20.6 Å². The molecule has 0 aromatic carbocycles. The SMILES string of the molecule is O=C1CCC(Nc2cc(C(F)F)ncn2)C(=O)N1. The first-order valence-electron chi connectivity index (χ1n) is 5.26. The van der Waals surface area contributed by atoms with Crippen LogP contribution in [0.5, 0.6) is 0 Å². The number of carbonyl (C=O) groups excluding carboxylic acids is 2. The first-order valence-corrected chi connectivity index (χ1v) is 5.26. The number of hydrogen-bond acceptors (Lipinski definition) is 5. The lowest BCUT2D eigenvalue weighted by Crippen LogP contribution is -2.47. The predicted molar refractivity (Wildman–Crippen MR) is 56.8 cm³/mol. The van der Waals surface area contributed by atoms with Gasteiger partial charge in [0.25, 0.3) is 6.43 Å². The topological polar surface area (TPSA) is 84.0 Å². The number of piperidine rings is 1. The summed E-state index contributed by atoms with van der Waals surface area (Å²) in [5, 5.41) is 4.85. The molecule has 2 heterocycles. The molecule has 0 radical (unpaired) electrons. The first-order chi connectivity index (χ1) is 8.56. The Morgan fingerprint density at radius 3 is 2.83 bits per heavy atom. The van der Waals surface area contributed by atoms with Gasteiger partial charge in [0, 0.05) is 12.5 Å². The number of nitrogens with zero attached hydrogens (tertiary/aromatic N) is 2. The lowest BCUT2D eigenvalue weighted by Gasteiger charge is -2.22. The Hall–Kier alpha value is -2.12. The Morgan fingerprint density at radius 1 is 1.39 bits per heavy atom. The van der Waals surface area contributed by atoms with Crippen LogP contribution in [-0.2, 0) is 9.59 Å². The normalized spacial score (nSPS) is 19.8. The van der Waals surface area contributed by atoms with Crippen LogP contribution in [0.1, 0.15) is 25.0 Å². The Labute approximate surface area is 101 Å². The summed E-state index contributed by atoms with van der Waals surface area (Å²) in [6.07, 6.45) is -1.19. The van der Waals surface area contributed by atoms with Gasteiger partial charge in [0.05, 0.1) is 0 Å². The maximum Gasteiger partial charge on any atom is 0.280 e. The molecule has 0 spiro atoms. The van der Waals surface area contributed by atoms with Crippen molar-refractivity contribution in [1.82, 2.24) is 15.3 Å². The molecule has 2 amide bonds. The zero-order valence-electron chi connectivity index (χ0n) is 9.19. The molecule has 1 fully saturated rings. The van der Waals surface area contributed by atoms with Gasteiger partial charge in [-0.15, -0.1) is 0 Å². The van der Waals surface area contributed by atoms with Crippen molar-refractivity contribution >= 4 is 17.6 Å². The number of hydrogen-bond donors (Lipinski definition) is 2. The molecule has 1 aliphatic heterocycles. The van der Waals surface area contributed by atoms with Crippen molar-refractivity contribution in [2.75, 3.05) is 5.32 Å². The van der Waals surface area contributed by atoms with Gasteiger partial charge in [-0.1, -0.05) is 0 Å². The number of alkyl halides is 2. The van der Waals surface area contributed by atoms with Gasteiger partial charge < -0.3 is 5.32 Å². The highest BCUT2D eigenvalue weighted by Gasteiger charge is 2.26. The van der Waals surface area contributed by atoms with E-state index in [1.807, 2.05) is 0 Å². The second-order valence-electron chi connectivity index (χ2n) is 3.78. The fourth-order valence-corrected chi connectivity index (χ4v) is 1.58. The zero-order chi connectivity index (χ0) is 13.1. The van der Waals surface area contributed by atoms with Crippen LogP contribution in [0.3, 0.4) is 0 Å². The molecule has 1 aromatic heterocycles. The third kappa shape index (κ3) is 2.76. The average Bonchev–Trinajstić information content (AvgIpc) is 2.33. The molecule has 1 atom stereocenters. The number of halogens is 2. The standard InChI is InChI=1S/C10H10F2N4O2/c11-9(12)6-3-7(14-4-13-6)15-5-1-2-8(17)16-10(5)18/h3-5,9H,1-2H2,(H,13,14,15)(H,16,17,18). The van der Waals surface area contributed by atoms with Crippen LogP contribution in [0.25, 0.3) is 0 Å². The molecule has 2 rings (SSSR count). The number of imide groups is 1. The molecule has 6 nitrogen and oxygen atoms in total. The van der Waals surface area contributed by atoms with E-state index >= 15 is 0 Å². The highest BCUT2D eigenvalue weighted by Crippen LogP contribution is 2.19.